The molecule has 1 aromatic carbocycles. The van der Waals surface area contributed by atoms with E-state index in [2.05, 4.69) is 4.98 Å². The van der Waals surface area contributed by atoms with Gasteiger partial charge in [0.05, 0.1) is 0 Å². The van der Waals surface area contributed by atoms with Crippen LogP contribution in [-0.2, 0) is 0 Å². The van der Waals surface area contributed by atoms with Gasteiger partial charge in [0.15, 0.2) is 0 Å². The van der Waals surface area contributed by atoms with E-state index in [-0.39, 0.29) is 0 Å². The molecule has 0 radical (unpaired) electrons. The maximum atomic E-state index is 5.71. The molecule has 0 aliphatic heterocycles. The predicted molar refractivity (Wildman–Crippen MR) is 55.5 cm³/mol. The summed E-state index contributed by atoms with van der Waals surface area (Å²) < 4.78 is 0. The summed E-state index contributed by atoms with van der Waals surface area (Å²) in [6, 6.07) is 7.91. The third-order valence-corrected chi connectivity index (χ3v) is 2.13. The van der Waals surface area contributed by atoms with Gasteiger partial charge in [0.1, 0.15) is 5.82 Å². The molecule has 0 atom stereocenters. The SMILES string of the molecule is Nc1[nH]c2ccccc2c1C=S. The standard InChI is InChI=1S/C9H8N2S/c10-9-7(5-12)6-3-1-2-4-8(6)11-9/h1-5,11H,10H2. The van der Waals surface area contributed by atoms with Crippen LogP contribution < -0.4 is 5.73 Å². The van der Waals surface area contributed by atoms with E-state index in [1.54, 1.807) is 5.37 Å². The molecular weight excluding hydrogens is 168 g/mol. The lowest BCUT2D eigenvalue weighted by molar-refractivity contribution is 1.47. The number of para-hydroxylation sites is 1. The molecule has 3 heteroatoms. The first kappa shape index (κ1) is 7.31. The Labute approximate surface area is 75.4 Å². The minimum Gasteiger partial charge on any atom is -0.385 e. The van der Waals surface area contributed by atoms with E-state index in [0.717, 1.165) is 16.5 Å². The highest BCUT2D eigenvalue weighted by atomic mass is 32.1. The molecule has 0 saturated carbocycles. The number of nitrogen functional groups attached to an aromatic ring is 1. The molecule has 0 saturated heterocycles. The zero-order valence-corrected chi connectivity index (χ0v) is 7.19. The topological polar surface area (TPSA) is 41.8 Å². The molecule has 0 aliphatic rings. The lowest BCUT2D eigenvalue weighted by Gasteiger charge is -1.88. The summed E-state index contributed by atoms with van der Waals surface area (Å²) in [4.78, 5) is 3.06. The van der Waals surface area contributed by atoms with E-state index in [4.69, 9.17) is 18.0 Å². The van der Waals surface area contributed by atoms with Crippen molar-refractivity contribution in [3.63, 3.8) is 0 Å². The third-order valence-electron chi connectivity index (χ3n) is 1.89. The second kappa shape index (κ2) is 2.60. The zero-order valence-electron chi connectivity index (χ0n) is 6.37. The highest BCUT2D eigenvalue weighted by Crippen LogP contribution is 2.21. The normalized spacial score (nSPS) is 10.3. The van der Waals surface area contributed by atoms with Crippen molar-refractivity contribution in [3.05, 3.63) is 29.8 Å². The van der Waals surface area contributed by atoms with E-state index in [1.165, 1.54) is 0 Å². The molecule has 0 amide bonds. The largest absolute Gasteiger partial charge is 0.385 e. The van der Waals surface area contributed by atoms with Crippen LogP contribution in [0, 0.1) is 0 Å². The molecule has 2 rings (SSSR count). The van der Waals surface area contributed by atoms with Gasteiger partial charge >= 0.3 is 0 Å². The fraction of sp³-hybridized carbons (Fsp3) is 0. The number of rotatable bonds is 1. The van der Waals surface area contributed by atoms with Crippen LogP contribution in [0.1, 0.15) is 5.56 Å². The summed E-state index contributed by atoms with van der Waals surface area (Å²) in [6.45, 7) is 0. The van der Waals surface area contributed by atoms with Crippen molar-refractivity contribution in [2.24, 2.45) is 0 Å². The van der Waals surface area contributed by atoms with E-state index < -0.39 is 0 Å². The quantitative estimate of drug-likeness (QED) is 0.653. The van der Waals surface area contributed by atoms with Gasteiger partial charge in [-0.3, -0.25) is 0 Å². The van der Waals surface area contributed by atoms with Crippen molar-refractivity contribution in [2.75, 3.05) is 5.73 Å². The Balaban J connectivity index is 2.90. The van der Waals surface area contributed by atoms with E-state index in [1.807, 2.05) is 24.3 Å². The smallest absolute Gasteiger partial charge is 0.109 e. The van der Waals surface area contributed by atoms with Gasteiger partial charge in [0.2, 0.25) is 0 Å². The Morgan fingerprint density at radius 2 is 2.08 bits per heavy atom. The van der Waals surface area contributed by atoms with E-state index in [9.17, 15) is 0 Å². The molecular formula is C9H8N2S. The first-order valence-corrected chi connectivity index (χ1v) is 4.11. The fourth-order valence-corrected chi connectivity index (χ4v) is 1.57. The monoisotopic (exact) mass is 176 g/mol. The van der Waals surface area contributed by atoms with Crippen LogP contribution in [0.4, 0.5) is 5.82 Å². The summed E-state index contributed by atoms with van der Waals surface area (Å²) in [5.41, 5.74) is 7.66. The van der Waals surface area contributed by atoms with Gasteiger partial charge in [-0.1, -0.05) is 30.4 Å². The average Bonchev–Trinajstić information content (AvgIpc) is 2.40. The molecule has 1 heterocycles. The van der Waals surface area contributed by atoms with Crippen LogP contribution in [-0.4, -0.2) is 10.4 Å². The van der Waals surface area contributed by atoms with Gasteiger partial charge in [0, 0.05) is 21.8 Å². The summed E-state index contributed by atoms with van der Waals surface area (Å²) in [6.07, 6.45) is 0. The van der Waals surface area contributed by atoms with Gasteiger partial charge in [-0.15, -0.1) is 0 Å². The molecule has 0 unspecified atom stereocenters. The predicted octanol–water partition coefficient (Wildman–Crippen LogP) is 2.10. The molecule has 60 valence electrons. The molecule has 3 N–H and O–H groups in total. The Morgan fingerprint density at radius 1 is 1.33 bits per heavy atom. The first-order valence-electron chi connectivity index (χ1n) is 3.64. The zero-order chi connectivity index (χ0) is 8.55. The number of H-pyrrole nitrogens is 1. The Morgan fingerprint density at radius 3 is 2.83 bits per heavy atom. The molecule has 0 aliphatic carbocycles. The van der Waals surface area contributed by atoms with Crippen molar-refractivity contribution in [2.45, 2.75) is 0 Å². The molecule has 0 fully saturated rings. The minimum atomic E-state index is 0.645. The fourth-order valence-electron chi connectivity index (χ4n) is 1.31. The van der Waals surface area contributed by atoms with Crippen LogP contribution in [0.25, 0.3) is 10.9 Å². The Bertz CT molecular complexity index is 431. The Hall–Kier alpha value is -1.35. The minimum absolute atomic E-state index is 0.645. The lowest BCUT2D eigenvalue weighted by atomic mass is 10.2. The van der Waals surface area contributed by atoms with Gasteiger partial charge in [-0.05, 0) is 6.07 Å². The highest BCUT2D eigenvalue weighted by Gasteiger charge is 2.04. The number of anilines is 1. The molecule has 2 aromatic rings. The second-order valence-electron chi connectivity index (χ2n) is 2.62. The lowest BCUT2D eigenvalue weighted by Crippen LogP contribution is -1.88. The van der Waals surface area contributed by atoms with Crippen LogP contribution >= 0.6 is 12.2 Å². The van der Waals surface area contributed by atoms with E-state index in [0.29, 0.717) is 5.82 Å². The van der Waals surface area contributed by atoms with Crippen molar-refractivity contribution < 1.29 is 0 Å². The van der Waals surface area contributed by atoms with Gasteiger partial charge in [-0.2, -0.15) is 0 Å². The van der Waals surface area contributed by atoms with Gasteiger partial charge in [-0.25, -0.2) is 0 Å². The van der Waals surface area contributed by atoms with Gasteiger partial charge in [0.25, 0.3) is 0 Å². The van der Waals surface area contributed by atoms with Crippen LogP contribution in [0.2, 0.25) is 0 Å². The van der Waals surface area contributed by atoms with Crippen LogP contribution in [0.5, 0.6) is 0 Å². The van der Waals surface area contributed by atoms with Crippen molar-refractivity contribution >= 4 is 34.3 Å². The molecule has 0 bridgehead atoms. The van der Waals surface area contributed by atoms with Crippen LogP contribution in [0.15, 0.2) is 24.3 Å². The van der Waals surface area contributed by atoms with Crippen molar-refractivity contribution in [1.82, 2.24) is 4.98 Å². The number of thiocarbonyl (C=S) groups is 1. The average molecular weight is 176 g/mol. The number of nitrogens with one attached hydrogen (secondary N) is 1. The van der Waals surface area contributed by atoms with Gasteiger partial charge < -0.3 is 10.7 Å². The maximum absolute atomic E-state index is 5.71. The summed E-state index contributed by atoms with van der Waals surface area (Å²) in [5.74, 6) is 0.645. The molecule has 12 heavy (non-hydrogen) atoms. The number of aromatic nitrogens is 1. The van der Waals surface area contributed by atoms with Crippen LogP contribution in [0.3, 0.4) is 0 Å². The Kier molecular flexibility index (Phi) is 1.59. The second-order valence-corrected chi connectivity index (χ2v) is 2.85. The van der Waals surface area contributed by atoms with Crippen molar-refractivity contribution in [1.29, 1.82) is 0 Å². The van der Waals surface area contributed by atoms with Crippen molar-refractivity contribution in [3.8, 4) is 0 Å². The molecule has 1 aromatic heterocycles. The number of hydrogen-bond acceptors (Lipinski definition) is 2. The number of nitrogens with two attached hydrogens (primary N) is 1. The highest BCUT2D eigenvalue weighted by molar-refractivity contribution is 7.79. The number of fused-ring (bicyclic) bond motifs is 1. The summed E-state index contributed by atoms with van der Waals surface area (Å²) in [7, 11) is 0. The summed E-state index contributed by atoms with van der Waals surface area (Å²) >= 11 is 4.86. The maximum Gasteiger partial charge on any atom is 0.109 e. The number of benzene rings is 1. The molecule has 0 spiro atoms. The first-order chi connectivity index (χ1) is 5.83. The molecule has 2 nitrogen and oxygen atoms in total. The number of aromatic amines is 1. The number of hydrogen-bond donors (Lipinski definition) is 2. The summed E-state index contributed by atoms with van der Waals surface area (Å²) in [5, 5.41) is 2.69. The third kappa shape index (κ3) is 0.905. The van der Waals surface area contributed by atoms with E-state index >= 15 is 0 Å².